The number of phenolic OH excluding ortho intramolecular Hbond substituents is 1. The molecule has 9 heteroatoms. The van der Waals surface area contributed by atoms with Gasteiger partial charge in [0.2, 0.25) is 5.95 Å². The Morgan fingerprint density at radius 3 is 2.45 bits per heavy atom. The van der Waals surface area contributed by atoms with Crippen LogP contribution in [0.4, 0.5) is 17.3 Å². The summed E-state index contributed by atoms with van der Waals surface area (Å²) in [7, 11) is 2.15. The number of rotatable bonds is 4. The Hall–Kier alpha value is -3.85. The van der Waals surface area contributed by atoms with Gasteiger partial charge in [-0.1, -0.05) is 0 Å². The molecule has 3 N–H and O–H groups in total. The molecule has 1 aliphatic rings. The van der Waals surface area contributed by atoms with Gasteiger partial charge < -0.3 is 20.2 Å². The zero-order valence-electron chi connectivity index (χ0n) is 19.0. The molecule has 2 aromatic carbocycles. The Morgan fingerprint density at radius 1 is 1.00 bits per heavy atom. The van der Waals surface area contributed by atoms with Gasteiger partial charge in [0.15, 0.2) is 5.65 Å². The van der Waals surface area contributed by atoms with E-state index in [1.54, 1.807) is 18.2 Å². The molecule has 4 aromatic rings. The Morgan fingerprint density at radius 2 is 1.73 bits per heavy atom. The minimum Gasteiger partial charge on any atom is -0.508 e. The molecule has 0 bridgehead atoms. The largest absolute Gasteiger partial charge is 0.508 e. The van der Waals surface area contributed by atoms with Crippen LogP contribution in [0.2, 0.25) is 0 Å². The Kier molecular flexibility index (Phi) is 5.26. The van der Waals surface area contributed by atoms with E-state index in [1.165, 1.54) is 22.1 Å². The minimum atomic E-state index is -0.238. The number of nitrogens with zero attached hydrogens (tertiary/aromatic N) is 5. The molecule has 0 saturated carbocycles. The smallest absolute Gasteiger partial charge is 0.282 e. The van der Waals surface area contributed by atoms with E-state index in [9.17, 15) is 9.90 Å². The minimum absolute atomic E-state index is 0.153. The van der Waals surface area contributed by atoms with Gasteiger partial charge in [-0.15, -0.1) is 0 Å². The highest BCUT2D eigenvalue weighted by atomic mass is 16.3. The van der Waals surface area contributed by atoms with Crippen molar-refractivity contribution in [2.24, 2.45) is 0 Å². The second-order valence-corrected chi connectivity index (χ2v) is 8.60. The molecule has 0 atom stereocenters. The molecule has 0 spiro atoms. The fourth-order valence-corrected chi connectivity index (χ4v) is 4.29. The van der Waals surface area contributed by atoms with Gasteiger partial charge in [0, 0.05) is 43.8 Å². The topological polar surface area (TPSA) is 102 Å². The standard InChI is InChI=1S/C24H27N7O2/c1-15-12-17(4-6-20(15)30-10-8-29(3)9-11-30)26-24-25-14-19-22(27-24)28-31(23(19)33)21-7-5-18(32)13-16(21)2/h4-7,12-14,32H,8-11H2,1-3H3,(H2,25,26,27,28). The number of phenols is 1. The van der Waals surface area contributed by atoms with Crippen molar-refractivity contribution in [3.63, 3.8) is 0 Å². The molecule has 1 fully saturated rings. The maximum atomic E-state index is 12.8. The van der Waals surface area contributed by atoms with Crippen molar-refractivity contribution in [2.75, 3.05) is 43.4 Å². The summed E-state index contributed by atoms with van der Waals surface area (Å²) in [5, 5.41) is 16.4. The van der Waals surface area contributed by atoms with E-state index in [2.05, 4.69) is 56.3 Å². The average Bonchev–Trinajstić information content (AvgIpc) is 3.10. The lowest BCUT2D eigenvalue weighted by molar-refractivity contribution is 0.312. The van der Waals surface area contributed by atoms with Crippen LogP contribution in [0.3, 0.4) is 0 Å². The van der Waals surface area contributed by atoms with Gasteiger partial charge in [0.1, 0.15) is 11.1 Å². The van der Waals surface area contributed by atoms with Gasteiger partial charge >= 0.3 is 0 Å². The maximum Gasteiger partial charge on any atom is 0.282 e. The van der Waals surface area contributed by atoms with Crippen molar-refractivity contribution in [3.05, 3.63) is 64.1 Å². The van der Waals surface area contributed by atoms with E-state index in [1.807, 2.05) is 13.0 Å². The first-order valence-corrected chi connectivity index (χ1v) is 11.0. The summed E-state index contributed by atoms with van der Waals surface area (Å²) in [6, 6.07) is 11.1. The first-order valence-electron chi connectivity index (χ1n) is 11.0. The molecule has 1 saturated heterocycles. The van der Waals surface area contributed by atoms with E-state index >= 15 is 0 Å². The average molecular weight is 446 g/mol. The Labute approximate surface area is 191 Å². The van der Waals surface area contributed by atoms with Crippen LogP contribution in [-0.4, -0.2) is 63.0 Å². The van der Waals surface area contributed by atoms with Gasteiger partial charge in [0.25, 0.3) is 5.56 Å². The number of aromatic amines is 1. The van der Waals surface area contributed by atoms with Crippen molar-refractivity contribution in [2.45, 2.75) is 13.8 Å². The lowest BCUT2D eigenvalue weighted by Crippen LogP contribution is -2.44. The number of hydrogen-bond acceptors (Lipinski definition) is 7. The molecular weight excluding hydrogens is 418 g/mol. The number of anilines is 3. The molecule has 0 amide bonds. The highest BCUT2D eigenvalue weighted by molar-refractivity contribution is 5.75. The molecule has 5 rings (SSSR count). The van der Waals surface area contributed by atoms with E-state index in [4.69, 9.17) is 0 Å². The summed E-state index contributed by atoms with van der Waals surface area (Å²) in [5.41, 5.74) is 4.95. The summed E-state index contributed by atoms with van der Waals surface area (Å²) in [4.78, 5) is 26.5. The van der Waals surface area contributed by atoms with Gasteiger partial charge in [-0.25, -0.2) is 9.67 Å². The number of piperazine rings is 1. The third-order valence-corrected chi connectivity index (χ3v) is 6.16. The number of benzene rings is 2. The monoisotopic (exact) mass is 445 g/mol. The molecule has 0 aliphatic carbocycles. The van der Waals surface area contributed by atoms with Crippen LogP contribution in [0.15, 0.2) is 47.4 Å². The maximum absolute atomic E-state index is 12.8. The molecule has 3 heterocycles. The first-order chi connectivity index (χ1) is 15.9. The predicted octanol–water partition coefficient (Wildman–Crippen LogP) is 2.93. The summed E-state index contributed by atoms with van der Waals surface area (Å²) in [5.74, 6) is 0.561. The number of nitrogens with one attached hydrogen (secondary N) is 2. The van der Waals surface area contributed by atoms with Crippen LogP contribution < -0.4 is 15.8 Å². The molecule has 170 valence electrons. The predicted molar refractivity (Wildman–Crippen MR) is 130 cm³/mol. The van der Waals surface area contributed by atoms with Gasteiger partial charge in [-0.05, 0) is 68.4 Å². The van der Waals surface area contributed by atoms with E-state index in [0.717, 1.165) is 37.4 Å². The van der Waals surface area contributed by atoms with Gasteiger partial charge in [-0.3, -0.25) is 9.89 Å². The lowest BCUT2D eigenvalue weighted by Gasteiger charge is -2.35. The van der Waals surface area contributed by atoms with Crippen molar-refractivity contribution in [3.8, 4) is 11.4 Å². The first kappa shape index (κ1) is 21.0. The zero-order chi connectivity index (χ0) is 23.1. The van der Waals surface area contributed by atoms with Crippen LogP contribution in [0, 0.1) is 13.8 Å². The zero-order valence-corrected chi connectivity index (χ0v) is 19.0. The van der Waals surface area contributed by atoms with Crippen molar-refractivity contribution in [1.82, 2.24) is 24.6 Å². The van der Waals surface area contributed by atoms with Crippen LogP contribution in [0.5, 0.6) is 5.75 Å². The molecule has 1 aliphatic heterocycles. The normalized spacial score (nSPS) is 14.7. The molecule has 2 aromatic heterocycles. The molecule has 0 radical (unpaired) electrons. The summed E-state index contributed by atoms with van der Waals surface area (Å²) in [6.45, 7) is 8.12. The van der Waals surface area contributed by atoms with Crippen LogP contribution in [0.25, 0.3) is 16.7 Å². The number of fused-ring (bicyclic) bond motifs is 1. The number of H-pyrrole nitrogens is 1. The van der Waals surface area contributed by atoms with Crippen molar-refractivity contribution in [1.29, 1.82) is 0 Å². The SMILES string of the molecule is Cc1cc(Nc2ncc3c(=O)n(-c4ccc(O)cc4C)[nH]c3n2)ccc1N1CCN(C)CC1. The number of aromatic hydroxyl groups is 1. The van der Waals surface area contributed by atoms with Gasteiger partial charge in [0.05, 0.1) is 5.69 Å². The molecule has 33 heavy (non-hydrogen) atoms. The lowest BCUT2D eigenvalue weighted by atomic mass is 10.1. The third kappa shape index (κ3) is 4.03. The molecule has 0 unspecified atom stereocenters. The summed E-state index contributed by atoms with van der Waals surface area (Å²) in [6.07, 6.45) is 1.53. The summed E-state index contributed by atoms with van der Waals surface area (Å²) >= 11 is 0. The number of aryl methyl sites for hydroxylation is 2. The number of aromatic nitrogens is 4. The van der Waals surface area contributed by atoms with E-state index in [0.29, 0.717) is 22.7 Å². The summed E-state index contributed by atoms with van der Waals surface area (Å²) < 4.78 is 1.42. The van der Waals surface area contributed by atoms with E-state index in [-0.39, 0.29) is 11.3 Å². The Balaban J connectivity index is 1.40. The van der Waals surface area contributed by atoms with Gasteiger partial charge in [-0.2, -0.15) is 4.98 Å². The van der Waals surface area contributed by atoms with Crippen molar-refractivity contribution < 1.29 is 5.11 Å². The second kappa shape index (κ2) is 8.25. The van der Waals surface area contributed by atoms with Crippen LogP contribution >= 0.6 is 0 Å². The highest BCUT2D eigenvalue weighted by Crippen LogP contribution is 2.26. The number of likely N-dealkylation sites (N-methyl/N-ethyl adjacent to an activating group) is 1. The van der Waals surface area contributed by atoms with Crippen molar-refractivity contribution >= 4 is 28.4 Å². The fourth-order valence-electron chi connectivity index (χ4n) is 4.29. The van der Waals surface area contributed by atoms with Crippen LogP contribution in [-0.2, 0) is 0 Å². The quantitative estimate of drug-likeness (QED) is 0.444. The Bertz CT molecular complexity index is 1380. The second-order valence-electron chi connectivity index (χ2n) is 8.60. The third-order valence-electron chi connectivity index (χ3n) is 6.16. The fraction of sp³-hybridized carbons (Fsp3) is 0.292. The highest BCUT2D eigenvalue weighted by Gasteiger charge is 2.17. The number of hydrogen-bond donors (Lipinski definition) is 3. The van der Waals surface area contributed by atoms with E-state index < -0.39 is 0 Å². The molecular formula is C24H27N7O2. The van der Waals surface area contributed by atoms with Crippen LogP contribution in [0.1, 0.15) is 11.1 Å². The molecule has 9 nitrogen and oxygen atoms in total.